The topological polar surface area (TPSA) is 35.7 Å². The summed E-state index contributed by atoms with van der Waals surface area (Å²) in [6.07, 6.45) is 4.40. The Labute approximate surface area is 159 Å². The lowest BCUT2D eigenvalue weighted by Crippen LogP contribution is -2.41. The average molecular weight is 372 g/mol. The molecule has 0 aliphatic carbocycles. The smallest absolute Gasteiger partial charge is 0.271 e. The van der Waals surface area contributed by atoms with E-state index >= 15 is 0 Å². The molecule has 2 aromatic carbocycles. The van der Waals surface area contributed by atoms with Crippen LogP contribution in [0.5, 0.6) is 5.75 Å². The zero-order chi connectivity index (χ0) is 18.1. The van der Waals surface area contributed by atoms with Gasteiger partial charge in [-0.2, -0.15) is 0 Å². The number of halogens is 1. The van der Waals surface area contributed by atoms with Crippen LogP contribution >= 0.6 is 11.6 Å². The minimum absolute atomic E-state index is 0.510. The van der Waals surface area contributed by atoms with Gasteiger partial charge in [0.1, 0.15) is 11.4 Å². The molecule has 2 aliphatic rings. The number of rotatable bonds is 3. The van der Waals surface area contributed by atoms with Crippen LogP contribution in [-0.4, -0.2) is 35.7 Å². The van der Waals surface area contributed by atoms with Gasteiger partial charge in [0.15, 0.2) is 6.54 Å². The van der Waals surface area contributed by atoms with Crippen LogP contribution in [0.1, 0.15) is 31.2 Å². The number of β-amino-alcohol motifs (C(OH)–C–C–N with tert-alkyl or cyclic N) is 1. The molecule has 0 aromatic heterocycles. The Balaban J connectivity index is 1.77. The van der Waals surface area contributed by atoms with Gasteiger partial charge < -0.3 is 9.84 Å². The van der Waals surface area contributed by atoms with Crippen LogP contribution in [0, 0.1) is 0 Å². The molecule has 2 heterocycles. The molecule has 4 rings (SSSR count). The van der Waals surface area contributed by atoms with Gasteiger partial charge in [0, 0.05) is 17.0 Å². The quantitative estimate of drug-likeness (QED) is 0.828. The first-order valence-corrected chi connectivity index (χ1v) is 9.53. The lowest BCUT2D eigenvalue weighted by molar-refractivity contribution is -0.658. The number of hydrogen-bond donors (Lipinski definition) is 1. The van der Waals surface area contributed by atoms with Crippen molar-refractivity contribution in [3.05, 3.63) is 59.1 Å². The second-order valence-corrected chi connectivity index (χ2v) is 7.42. The number of anilines is 1. The molecule has 0 radical (unpaired) electrons. The molecule has 0 fully saturated rings. The van der Waals surface area contributed by atoms with Crippen molar-refractivity contribution < 1.29 is 14.4 Å². The van der Waals surface area contributed by atoms with Gasteiger partial charge in [-0.1, -0.05) is 11.6 Å². The molecular weight excluding hydrogens is 348 g/mol. The molecule has 26 heavy (non-hydrogen) atoms. The van der Waals surface area contributed by atoms with Gasteiger partial charge in [-0.05, 0) is 67.8 Å². The summed E-state index contributed by atoms with van der Waals surface area (Å²) >= 11 is 6.07. The minimum atomic E-state index is -1.04. The van der Waals surface area contributed by atoms with E-state index < -0.39 is 5.72 Å². The highest BCUT2D eigenvalue weighted by molar-refractivity contribution is 6.30. The first kappa shape index (κ1) is 17.4. The van der Waals surface area contributed by atoms with E-state index in [9.17, 15) is 5.11 Å². The highest BCUT2D eigenvalue weighted by atomic mass is 35.5. The monoisotopic (exact) mass is 371 g/mol. The highest BCUT2D eigenvalue weighted by Gasteiger charge is 2.51. The molecule has 0 saturated heterocycles. The zero-order valence-electron chi connectivity index (χ0n) is 15.0. The fourth-order valence-corrected chi connectivity index (χ4v) is 4.16. The first-order chi connectivity index (χ1) is 12.6. The first-order valence-electron chi connectivity index (χ1n) is 9.15. The number of methoxy groups -OCH3 is 1. The van der Waals surface area contributed by atoms with Gasteiger partial charge in [-0.3, -0.25) is 0 Å². The van der Waals surface area contributed by atoms with E-state index in [0.717, 1.165) is 47.8 Å². The van der Waals surface area contributed by atoms with E-state index in [4.69, 9.17) is 16.3 Å². The van der Waals surface area contributed by atoms with E-state index in [-0.39, 0.29) is 0 Å². The summed E-state index contributed by atoms with van der Waals surface area (Å²) < 4.78 is 7.46. The SMILES string of the molecule is COc1ccc(C2(O)CN(c3ccc(Cl)cc3)C3=[N+]2CCCCC3)cc1. The van der Waals surface area contributed by atoms with Crippen molar-refractivity contribution >= 4 is 23.1 Å². The Morgan fingerprint density at radius 2 is 1.77 bits per heavy atom. The van der Waals surface area contributed by atoms with Crippen LogP contribution in [0.4, 0.5) is 5.69 Å². The summed E-state index contributed by atoms with van der Waals surface area (Å²) in [7, 11) is 1.66. The van der Waals surface area contributed by atoms with Crippen molar-refractivity contribution in [2.75, 3.05) is 25.1 Å². The Kier molecular flexibility index (Phi) is 4.63. The fraction of sp³-hybridized carbons (Fsp3) is 0.381. The van der Waals surface area contributed by atoms with Gasteiger partial charge in [0.25, 0.3) is 11.6 Å². The lowest BCUT2D eigenvalue weighted by atomic mass is 10.0. The number of amidine groups is 1. The molecule has 136 valence electrons. The summed E-state index contributed by atoms with van der Waals surface area (Å²) in [5, 5.41) is 12.5. The van der Waals surface area contributed by atoms with Crippen molar-refractivity contribution in [2.45, 2.75) is 31.4 Å². The second-order valence-electron chi connectivity index (χ2n) is 6.99. The van der Waals surface area contributed by atoms with Crippen molar-refractivity contribution in [1.82, 2.24) is 0 Å². The van der Waals surface area contributed by atoms with Crippen LogP contribution in [-0.2, 0) is 5.72 Å². The van der Waals surface area contributed by atoms with Crippen molar-refractivity contribution in [2.24, 2.45) is 0 Å². The third kappa shape index (κ3) is 2.97. The van der Waals surface area contributed by atoms with E-state index in [0.29, 0.717) is 6.54 Å². The molecule has 2 aromatic rings. The summed E-state index contributed by atoms with van der Waals surface area (Å²) in [6.45, 7) is 1.37. The molecule has 0 saturated carbocycles. The Morgan fingerprint density at radius 1 is 1.04 bits per heavy atom. The molecule has 5 heteroatoms. The number of aliphatic hydroxyl groups is 1. The summed E-state index contributed by atoms with van der Waals surface area (Å²) in [6, 6.07) is 15.6. The van der Waals surface area contributed by atoms with Crippen molar-refractivity contribution in [1.29, 1.82) is 0 Å². The van der Waals surface area contributed by atoms with E-state index in [1.807, 2.05) is 48.5 Å². The number of hydrogen-bond acceptors (Lipinski definition) is 3. The average Bonchev–Trinajstić information content (AvgIpc) is 2.82. The maximum atomic E-state index is 11.7. The molecule has 0 bridgehead atoms. The Morgan fingerprint density at radius 3 is 2.46 bits per heavy atom. The molecular formula is C21H24ClN2O2+. The summed E-state index contributed by atoms with van der Waals surface area (Å²) in [5.41, 5.74) is 0.931. The van der Waals surface area contributed by atoms with Crippen LogP contribution in [0.15, 0.2) is 48.5 Å². The largest absolute Gasteiger partial charge is 0.497 e. The van der Waals surface area contributed by atoms with E-state index in [1.54, 1.807) is 7.11 Å². The van der Waals surface area contributed by atoms with E-state index in [2.05, 4.69) is 9.48 Å². The predicted octanol–water partition coefficient (Wildman–Crippen LogP) is 4.00. The number of nitrogens with zero attached hydrogens (tertiary/aromatic N) is 2. The van der Waals surface area contributed by atoms with Crippen molar-refractivity contribution in [3.63, 3.8) is 0 Å². The van der Waals surface area contributed by atoms with Gasteiger partial charge in [0.05, 0.1) is 13.7 Å². The molecule has 2 aliphatic heterocycles. The second kappa shape index (κ2) is 6.93. The third-order valence-electron chi connectivity index (χ3n) is 5.42. The number of benzene rings is 2. The molecule has 4 nitrogen and oxygen atoms in total. The van der Waals surface area contributed by atoms with Crippen LogP contribution in [0.2, 0.25) is 5.02 Å². The minimum Gasteiger partial charge on any atom is -0.497 e. The standard InChI is InChI=1S/C21H24ClN2O2/c1-26-19-12-6-16(7-13-19)21(25)15-23(18-10-8-17(22)9-11-18)20-5-3-2-4-14-24(20)21/h6-13,25H,2-5,14-15H2,1H3/q+1. The van der Waals surface area contributed by atoms with Gasteiger partial charge in [-0.15, -0.1) is 0 Å². The van der Waals surface area contributed by atoms with Gasteiger partial charge in [-0.25, -0.2) is 9.48 Å². The summed E-state index contributed by atoms with van der Waals surface area (Å²) in [5.74, 6) is 1.99. The summed E-state index contributed by atoms with van der Waals surface area (Å²) in [4.78, 5) is 2.24. The Bertz CT molecular complexity index is 817. The molecule has 0 amide bonds. The predicted molar refractivity (Wildman–Crippen MR) is 104 cm³/mol. The number of ether oxygens (including phenoxy) is 1. The van der Waals surface area contributed by atoms with Gasteiger partial charge >= 0.3 is 0 Å². The molecule has 0 spiro atoms. The van der Waals surface area contributed by atoms with Crippen LogP contribution < -0.4 is 9.64 Å². The van der Waals surface area contributed by atoms with E-state index in [1.165, 1.54) is 12.3 Å². The third-order valence-corrected chi connectivity index (χ3v) is 5.67. The lowest BCUT2D eigenvalue weighted by Gasteiger charge is -2.23. The molecule has 1 atom stereocenters. The molecule has 1 N–H and O–H groups in total. The molecule has 1 unspecified atom stereocenters. The normalized spacial score (nSPS) is 23.0. The van der Waals surface area contributed by atoms with Crippen LogP contribution in [0.3, 0.4) is 0 Å². The maximum absolute atomic E-state index is 11.7. The highest BCUT2D eigenvalue weighted by Crippen LogP contribution is 2.36. The van der Waals surface area contributed by atoms with Gasteiger partial charge in [0.2, 0.25) is 0 Å². The maximum Gasteiger partial charge on any atom is 0.271 e. The van der Waals surface area contributed by atoms with Crippen LogP contribution in [0.25, 0.3) is 0 Å². The Hall–Kier alpha value is -2.04. The van der Waals surface area contributed by atoms with Crippen molar-refractivity contribution in [3.8, 4) is 5.75 Å². The fourth-order valence-electron chi connectivity index (χ4n) is 4.04. The zero-order valence-corrected chi connectivity index (χ0v) is 15.7.